The lowest BCUT2D eigenvalue weighted by Crippen LogP contribution is -2.04. The molecule has 25 heavy (non-hydrogen) atoms. The number of benzene rings is 2. The molecule has 4 aromatic rings. The summed E-state index contributed by atoms with van der Waals surface area (Å²) >= 11 is 0. The average molecular weight is 329 g/mol. The summed E-state index contributed by atoms with van der Waals surface area (Å²) in [6.45, 7) is 0. The number of fused-ring (bicyclic) bond motifs is 1. The third-order valence-corrected chi connectivity index (χ3v) is 5.11. The van der Waals surface area contributed by atoms with E-state index in [9.17, 15) is 0 Å². The van der Waals surface area contributed by atoms with Gasteiger partial charge in [0.1, 0.15) is 5.52 Å². The monoisotopic (exact) mass is 329 g/mol. The number of nitrogens with zero attached hydrogens (tertiary/aromatic N) is 3. The Labute approximate surface area is 146 Å². The molecule has 0 atom stereocenters. The zero-order chi connectivity index (χ0) is 16.6. The molecule has 1 fully saturated rings. The third-order valence-electron chi connectivity index (χ3n) is 5.11. The Morgan fingerprint density at radius 3 is 2.48 bits per heavy atom. The molecule has 4 nitrogen and oxygen atoms in total. The van der Waals surface area contributed by atoms with Gasteiger partial charge in [0.15, 0.2) is 5.58 Å². The van der Waals surface area contributed by atoms with Crippen molar-refractivity contribution in [2.24, 2.45) is 0 Å². The molecular weight excluding hydrogens is 310 g/mol. The first-order valence-electron chi connectivity index (χ1n) is 8.87. The van der Waals surface area contributed by atoms with E-state index in [2.05, 4.69) is 38.8 Å². The van der Waals surface area contributed by atoms with E-state index >= 15 is 0 Å². The van der Waals surface area contributed by atoms with Gasteiger partial charge in [0.2, 0.25) is 5.89 Å². The molecule has 4 heteroatoms. The topological polar surface area (TPSA) is 43.9 Å². The fraction of sp³-hybridized carbons (Fsp3) is 0.238. The molecule has 1 aliphatic rings. The maximum atomic E-state index is 5.86. The Hall–Kier alpha value is -2.88. The lowest BCUT2D eigenvalue weighted by atomic mass is 10.1. The van der Waals surface area contributed by atoms with E-state index in [1.165, 1.54) is 36.9 Å². The standard InChI is InChI=1S/C21H19N3O/c1-2-6-17(5-1)24-14-22-13-19(24)15-9-11-16(12-10-15)21-23-18-7-3-4-8-20(18)25-21/h3-4,7-14,17H,1-2,5-6H2. The Morgan fingerprint density at radius 2 is 1.68 bits per heavy atom. The van der Waals surface area contributed by atoms with Crippen LogP contribution in [-0.2, 0) is 0 Å². The van der Waals surface area contributed by atoms with Gasteiger partial charge < -0.3 is 8.98 Å². The normalized spacial score (nSPS) is 15.2. The van der Waals surface area contributed by atoms with Gasteiger partial charge in [0, 0.05) is 11.6 Å². The largest absolute Gasteiger partial charge is 0.436 e. The fourth-order valence-corrected chi connectivity index (χ4v) is 3.78. The third kappa shape index (κ3) is 2.54. The lowest BCUT2D eigenvalue weighted by Gasteiger charge is -2.15. The first-order valence-corrected chi connectivity index (χ1v) is 8.87. The van der Waals surface area contributed by atoms with Gasteiger partial charge in [-0.2, -0.15) is 0 Å². The first kappa shape index (κ1) is 14.5. The van der Waals surface area contributed by atoms with E-state index in [-0.39, 0.29) is 0 Å². The van der Waals surface area contributed by atoms with Crippen LogP contribution in [0.25, 0.3) is 33.8 Å². The van der Waals surface area contributed by atoms with Crippen molar-refractivity contribution in [1.82, 2.24) is 14.5 Å². The zero-order valence-corrected chi connectivity index (χ0v) is 13.9. The molecule has 2 aromatic carbocycles. The molecule has 0 aliphatic heterocycles. The van der Waals surface area contributed by atoms with Gasteiger partial charge in [0.05, 0.1) is 18.2 Å². The summed E-state index contributed by atoms with van der Waals surface area (Å²) in [5.41, 5.74) is 5.08. The summed E-state index contributed by atoms with van der Waals surface area (Å²) in [6, 6.07) is 16.9. The number of rotatable bonds is 3. The lowest BCUT2D eigenvalue weighted by molar-refractivity contribution is 0.523. The maximum absolute atomic E-state index is 5.86. The molecule has 0 saturated heterocycles. The Morgan fingerprint density at radius 1 is 0.920 bits per heavy atom. The van der Waals surface area contributed by atoms with Crippen LogP contribution in [0.5, 0.6) is 0 Å². The quantitative estimate of drug-likeness (QED) is 0.500. The summed E-state index contributed by atoms with van der Waals surface area (Å²) in [6.07, 6.45) is 9.08. The van der Waals surface area contributed by atoms with Crippen molar-refractivity contribution in [3.63, 3.8) is 0 Å². The Bertz CT molecular complexity index is 974. The van der Waals surface area contributed by atoms with Crippen LogP contribution in [0.2, 0.25) is 0 Å². The van der Waals surface area contributed by atoms with E-state index in [4.69, 9.17) is 4.42 Å². The fourth-order valence-electron chi connectivity index (χ4n) is 3.78. The van der Waals surface area contributed by atoms with Crippen LogP contribution >= 0.6 is 0 Å². The zero-order valence-electron chi connectivity index (χ0n) is 13.9. The minimum Gasteiger partial charge on any atom is -0.436 e. The predicted molar refractivity (Wildman–Crippen MR) is 98.2 cm³/mol. The second-order valence-electron chi connectivity index (χ2n) is 6.69. The summed E-state index contributed by atoms with van der Waals surface area (Å²) in [5.74, 6) is 0.664. The van der Waals surface area contributed by atoms with Crippen molar-refractivity contribution < 1.29 is 4.42 Å². The van der Waals surface area contributed by atoms with Crippen LogP contribution in [0.4, 0.5) is 0 Å². The van der Waals surface area contributed by atoms with Gasteiger partial charge in [-0.25, -0.2) is 9.97 Å². The molecule has 1 aliphatic carbocycles. The highest BCUT2D eigenvalue weighted by Gasteiger charge is 2.19. The molecule has 0 spiro atoms. The summed E-state index contributed by atoms with van der Waals surface area (Å²) in [4.78, 5) is 8.96. The SMILES string of the molecule is c1ccc2oc(-c3ccc(-c4cncn4C4CCCC4)cc3)nc2c1. The number of oxazole rings is 1. The van der Waals surface area contributed by atoms with Crippen LogP contribution in [0, 0.1) is 0 Å². The smallest absolute Gasteiger partial charge is 0.227 e. The molecular formula is C21H19N3O. The van der Waals surface area contributed by atoms with E-state index < -0.39 is 0 Å². The molecule has 0 amide bonds. The van der Waals surface area contributed by atoms with Crippen molar-refractivity contribution in [2.75, 3.05) is 0 Å². The molecule has 0 bridgehead atoms. The average Bonchev–Trinajstić information content (AvgIpc) is 3.40. The minimum atomic E-state index is 0.592. The molecule has 2 heterocycles. The van der Waals surface area contributed by atoms with Crippen molar-refractivity contribution in [3.05, 3.63) is 61.1 Å². The van der Waals surface area contributed by atoms with Gasteiger partial charge in [-0.05, 0) is 42.7 Å². The van der Waals surface area contributed by atoms with E-state index in [1.54, 1.807) is 0 Å². The van der Waals surface area contributed by atoms with Gasteiger partial charge >= 0.3 is 0 Å². The summed E-state index contributed by atoms with van der Waals surface area (Å²) < 4.78 is 8.20. The van der Waals surface area contributed by atoms with Gasteiger partial charge in [-0.3, -0.25) is 0 Å². The number of hydrogen-bond donors (Lipinski definition) is 0. The van der Waals surface area contributed by atoms with Crippen LogP contribution in [0.15, 0.2) is 65.5 Å². The van der Waals surface area contributed by atoms with Crippen molar-refractivity contribution in [1.29, 1.82) is 0 Å². The molecule has 0 N–H and O–H groups in total. The van der Waals surface area contributed by atoms with Crippen LogP contribution in [0.1, 0.15) is 31.7 Å². The highest BCUT2D eigenvalue weighted by Crippen LogP contribution is 2.34. The van der Waals surface area contributed by atoms with E-state index in [1.807, 2.05) is 36.8 Å². The number of aromatic nitrogens is 3. The maximum Gasteiger partial charge on any atom is 0.227 e. The predicted octanol–water partition coefficient (Wildman–Crippen LogP) is 5.47. The van der Waals surface area contributed by atoms with Crippen LogP contribution in [-0.4, -0.2) is 14.5 Å². The van der Waals surface area contributed by atoms with E-state index in [0.717, 1.165) is 16.7 Å². The van der Waals surface area contributed by atoms with Crippen LogP contribution < -0.4 is 0 Å². The molecule has 5 rings (SSSR count). The van der Waals surface area contributed by atoms with Gasteiger partial charge in [-0.15, -0.1) is 0 Å². The highest BCUT2D eigenvalue weighted by molar-refractivity contribution is 5.76. The molecule has 124 valence electrons. The number of para-hydroxylation sites is 2. The Balaban J connectivity index is 1.48. The minimum absolute atomic E-state index is 0.592. The second-order valence-corrected chi connectivity index (χ2v) is 6.69. The van der Waals surface area contributed by atoms with Crippen molar-refractivity contribution in [2.45, 2.75) is 31.7 Å². The number of hydrogen-bond acceptors (Lipinski definition) is 3. The van der Waals surface area contributed by atoms with Gasteiger partial charge in [0.25, 0.3) is 0 Å². The molecule has 0 radical (unpaired) electrons. The van der Waals surface area contributed by atoms with Crippen molar-refractivity contribution in [3.8, 4) is 22.7 Å². The number of imidazole rings is 1. The Kier molecular flexibility index (Phi) is 3.40. The van der Waals surface area contributed by atoms with E-state index in [0.29, 0.717) is 11.9 Å². The van der Waals surface area contributed by atoms with Crippen LogP contribution in [0.3, 0.4) is 0 Å². The summed E-state index contributed by atoms with van der Waals surface area (Å²) in [5, 5.41) is 0. The second kappa shape index (κ2) is 5.88. The molecule has 2 aromatic heterocycles. The van der Waals surface area contributed by atoms with Gasteiger partial charge in [-0.1, -0.05) is 37.1 Å². The molecule has 1 saturated carbocycles. The molecule has 0 unspecified atom stereocenters. The van der Waals surface area contributed by atoms with Crippen molar-refractivity contribution >= 4 is 11.1 Å². The first-order chi connectivity index (χ1) is 12.4. The highest BCUT2D eigenvalue weighted by atomic mass is 16.3. The summed E-state index contributed by atoms with van der Waals surface area (Å²) in [7, 11) is 0.